The van der Waals surface area contributed by atoms with Gasteiger partial charge in [0.25, 0.3) is 0 Å². The van der Waals surface area contributed by atoms with Gasteiger partial charge in [-0.15, -0.1) is 0 Å². The summed E-state index contributed by atoms with van der Waals surface area (Å²) in [4.78, 5) is 4.91. The van der Waals surface area contributed by atoms with Gasteiger partial charge in [0.2, 0.25) is 0 Å². The molecule has 1 heterocycles. The van der Waals surface area contributed by atoms with Crippen LogP contribution in [0.4, 0.5) is 4.39 Å². The first-order chi connectivity index (χ1) is 11.7. The zero-order chi connectivity index (χ0) is 16.9. The monoisotopic (exact) mass is 336 g/mol. The Bertz CT molecular complexity index is 534. The number of rotatable bonds is 6. The van der Waals surface area contributed by atoms with E-state index >= 15 is 0 Å². The van der Waals surface area contributed by atoms with Crippen LogP contribution >= 0.6 is 0 Å². The van der Waals surface area contributed by atoms with E-state index in [0.29, 0.717) is 29.9 Å². The molecule has 1 aliphatic carbocycles. The van der Waals surface area contributed by atoms with Gasteiger partial charge in [-0.1, -0.05) is 12.8 Å². The molecule has 0 amide bonds. The van der Waals surface area contributed by atoms with Gasteiger partial charge in [-0.3, -0.25) is 9.80 Å². The van der Waals surface area contributed by atoms with Crippen molar-refractivity contribution in [2.24, 2.45) is 0 Å². The van der Waals surface area contributed by atoms with Gasteiger partial charge in [0.05, 0.1) is 7.11 Å². The fraction of sp³-hybridized carbons (Fsp3) is 0.684. The number of aliphatic hydroxyl groups is 1. The van der Waals surface area contributed by atoms with Gasteiger partial charge < -0.3 is 9.84 Å². The molecular weight excluding hydrogens is 307 g/mol. The van der Waals surface area contributed by atoms with E-state index in [1.807, 2.05) is 0 Å². The quantitative estimate of drug-likeness (QED) is 0.866. The number of aliphatic hydroxyl groups excluding tert-OH is 1. The van der Waals surface area contributed by atoms with Crippen LogP contribution in [-0.2, 0) is 6.54 Å². The molecule has 134 valence electrons. The first kappa shape index (κ1) is 17.6. The highest BCUT2D eigenvalue weighted by atomic mass is 19.1. The van der Waals surface area contributed by atoms with E-state index in [-0.39, 0.29) is 12.4 Å². The fourth-order valence-electron chi connectivity index (χ4n) is 4.24. The maximum atomic E-state index is 14.1. The molecule has 3 rings (SSSR count). The van der Waals surface area contributed by atoms with Crippen molar-refractivity contribution in [1.82, 2.24) is 9.80 Å². The second-order valence-electron chi connectivity index (χ2n) is 7.03. The van der Waals surface area contributed by atoms with E-state index in [1.54, 1.807) is 19.2 Å². The van der Waals surface area contributed by atoms with Crippen LogP contribution in [0.2, 0.25) is 0 Å². The smallest absolute Gasteiger partial charge is 0.127 e. The third-order valence-electron chi connectivity index (χ3n) is 5.52. The van der Waals surface area contributed by atoms with E-state index < -0.39 is 0 Å². The van der Waals surface area contributed by atoms with E-state index in [9.17, 15) is 9.50 Å². The highest BCUT2D eigenvalue weighted by Gasteiger charge is 2.33. The summed E-state index contributed by atoms with van der Waals surface area (Å²) >= 11 is 0. The van der Waals surface area contributed by atoms with Crippen LogP contribution in [0.5, 0.6) is 5.75 Å². The Kier molecular flexibility index (Phi) is 6.09. The van der Waals surface area contributed by atoms with E-state index in [1.165, 1.54) is 31.7 Å². The topological polar surface area (TPSA) is 35.9 Å². The summed E-state index contributed by atoms with van der Waals surface area (Å²) < 4.78 is 19.3. The summed E-state index contributed by atoms with van der Waals surface area (Å²) in [5.41, 5.74) is 0.686. The molecule has 0 spiro atoms. The SMILES string of the molecule is COc1ccc(F)c(CN2CCN(C3CCCC3)[C@H](CCO)C2)c1. The lowest BCUT2D eigenvalue weighted by Crippen LogP contribution is -2.56. The molecule has 0 unspecified atom stereocenters. The first-order valence-corrected chi connectivity index (χ1v) is 9.12. The Morgan fingerprint density at radius 3 is 2.75 bits per heavy atom. The number of methoxy groups -OCH3 is 1. The van der Waals surface area contributed by atoms with Crippen LogP contribution in [0.25, 0.3) is 0 Å². The van der Waals surface area contributed by atoms with Crippen molar-refractivity contribution in [3.63, 3.8) is 0 Å². The predicted molar refractivity (Wildman–Crippen MR) is 92.7 cm³/mol. The average molecular weight is 336 g/mol. The molecule has 0 aromatic heterocycles. The largest absolute Gasteiger partial charge is 0.497 e. The summed E-state index contributed by atoms with van der Waals surface area (Å²) in [6.07, 6.45) is 6.02. The summed E-state index contributed by atoms with van der Waals surface area (Å²) in [6.45, 7) is 3.68. The maximum absolute atomic E-state index is 14.1. The Morgan fingerprint density at radius 2 is 2.04 bits per heavy atom. The third kappa shape index (κ3) is 4.08. The normalized spacial score (nSPS) is 23.7. The zero-order valence-corrected chi connectivity index (χ0v) is 14.6. The molecule has 24 heavy (non-hydrogen) atoms. The molecule has 1 aromatic rings. The minimum atomic E-state index is -0.173. The van der Waals surface area contributed by atoms with Crippen LogP contribution in [-0.4, -0.2) is 60.3 Å². The van der Waals surface area contributed by atoms with E-state index in [4.69, 9.17) is 4.74 Å². The molecule has 4 nitrogen and oxygen atoms in total. The van der Waals surface area contributed by atoms with Gasteiger partial charge in [0.1, 0.15) is 11.6 Å². The van der Waals surface area contributed by atoms with Crippen molar-refractivity contribution in [1.29, 1.82) is 0 Å². The average Bonchev–Trinajstić information content (AvgIpc) is 3.12. The molecule has 1 saturated heterocycles. The molecule has 2 aliphatic rings. The van der Waals surface area contributed by atoms with Crippen molar-refractivity contribution in [3.05, 3.63) is 29.6 Å². The molecule has 1 aliphatic heterocycles. The minimum Gasteiger partial charge on any atom is -0.497 e. The van der Waals surface area contributed by atoms with E-state index in [2.05, 4.69) is 9.80 Å². The summed E-state index contributed by atoms with van der Waals surface area (Å²) in [7, 11) is 1.61. The van der Waals surface area contributed by atoms with Crippen LogP contribution in [0.1, 0.15) is 37.7 Å². The lowest BCUT2D eigenvalue weighted by Gasteiger charge is -2.44. The summed E-state index contributed by atoms with van der Waals surface area (Å²) in [5, 5.41) is 9.45. The number of ether oxygens (including phenoxy) is 1. The third-order valence-corrected chi connectivity index (χ3v) is 5.52. The Labute approximate surface area is 144 Å². The maximum Gasteiger partial charge on any atom is 0.127 e. The molecule has 2 fully saturated rings. The van der Waals surface area contributed by atoms with Crippen molar-refractivity contribution in [2.45, 2.75) is 50.7 Å². The van der Waals surface area contributed by atoms with Crippen molar-refractivity contribution in [2.75, 3.05) is 33.4 Å². The fourth-order valence-corrected chi connectivity index (χ4v) is 4.24. The summed E-state index contributed by atoms with van der Waals surface area (Å²) in [5.74, 6) is 0.524. The van der Waals surface area contributed by atoms with Crippen LogP contribution < -0.4 is 4.74 Å². The Balaban J connectivity index is 1.65. The van der Waals surface area contributed by atoms with Crippen molar-refractivity contribution >= 4 is 0 Å². The highest BCUT2D eigenvalue weighted by molar-refractivity contribution is 5.29. The lowest BCUT2D eigenvalue weighted by atomic mass is 10.0. The second-order valence-corrected chi connectivity index (χ2v) is 7.03. The van der Waals surface area contributed by atoms with Crippen LogP contribution in [0, 0.1) is 5.82 Å². The lowest BCUT2D eigenvalue weighted by molar-refractivity contribution is 0.0263. The zero-order valence-electron chi connectivity index (χ0n) is 14.6. The Morgan fingerprint density at radius 1 is 1.25 bits per heavy atom. The van der Waals surface area contributed by atoms with E-state index in [0.717, 1.165) is 26.1 Å². The standard InChI is InChI=1S/C19H29FN2O2/c1-24-18-6-7-19(20)15(12-18)13-21-9-10-22(16-4-2-3-5-16)17(14-21)8-11-23/h6-7,12,16-17,23H,2-5,8-11,13-14H2,1H3/t17-/m1/s1. The molecule has 0 radical (unpaired) electrons. The molecule has 1 aromatic carbocycles. The number of nitrogens with zero attached hydrogens (tertiary/aromatic N) is 2. The molecule has 0 bridgehead atoms. The van der Waals surface area contributed by atoms with Gasteiger partial charge in [0, 0.05) is 50.4 Å². The second kappa shape index (κ2) is 8.28. The first-order valence-electron chi connectivity index (χ1n) is 9.12. The number of hydrogen-bond donors (Lipinski definition) is 1. The Hall–Kier alpha value is -1.17. The van der Waals surface area contributed by atoms with Gasteiger partial charge in [-0.2, -0.15) is 0 Å². The van der Waals surface area contributed by atoms with Crippen LogP contribution in [0.15, 0.2) is 18.2 Å². The van der Waals surface area contributed by atoms with Crippen molar-refractivity contribution in [3.8, 4) is 5.75 Å². The number of halogens is 1. The molecule has 1 N–H and O–H groups in total. The predicted octanol–water partition coefficient (Wildman–Crippen LogP) is 2.65. The van der Waals surface area contributed by atoms with Gasteiger partial charge in [-0.25, -0.2) is 4.39 Å². The molecule has 1 saturated carbocycles. The molecule has 1 atom stereocenters. The van der Waals surface area contributed by atoms with Crippen LogP contribution in [0.3, 0.4) is 0 Å². The van der Waals surface area contributed by atoms with Gasteiger partial charge in [-0.05, 0) is 37.5 Å². The van der Waals surface area contributed by atoms with Gasteiger partial charge in [0.15, 0.2) is 0 Å². The highest BCUT2D eigenvalue weighted by Crippen LogP contribution is 2.28. The number of hydrogen-bond acceptors (Lipinski definition) is 4. The summed E-state index contributed by atoms with van der Waals surface area (Å²) in [6, 6.07) is 5.98. The van der Waals surface area contributed by atoms with Gasteiger partial charge >= 0.3 is 0 Å². The minimum absolute atomic E-state index is 0.173. The number of piperazine rings is 1. The molecular formula is C19H29FN2O2. The number of benzene rings is 1. The molecule has 5 heteroatoms. The van der Waals surface area contributed by atoms with Crippen molar-refractivity contribution < 1.29 is 14.2 Å².